The van der Waals surface area contributed by atoms with Gasteiger partial charge in [0.1, 0.15) is 18.1 Å². The van der Waals surface area contributed by atoms with Gasteiger partial charge < -0.3 is 47.0 Å². The van der Waals surface area contributed by atoms with Crippen LogP contribution < -0.4 is 31.9 Å². The summed E-state index contributed by atoms with van der Waals surface area (Å²) in [5.41, 5.74) is 0. The van der Waals surface area contributed by atoms with Crippen LogP contribution in [0, 0.1) is 29.6 Å². The lowest BCUT2D eigenvalue weighted by atomic mass is 9.93. The Morgan fingerprint density at radius 1 is 0.482 bits per heavy atom. The van der Waals surface area contributed by atoms with E-state index in [1.807, 2.05) is 27.7 Å². The van der Waals surface area contributed by atoms with Gasteiger partial charge in [0.2, 0.25) is 35.4 Å². The molecular formula is C38H68N6O12. The number of carbonyl (C=O) groups is 8. The van der Waals surface area contributed by atoms with Crippen molar-refractivity contribution in [2.75, 3.05) is 0 Å². The Morgan fingerprint density at radius 2 is 0.929 bits per heavy atom. The predicted molar refractivity (Wildman–Crippen MR) is 206 cm³/mol. The number of nitrogens with one attached hydrogen (secondary N) is 6. The molecule has 0 bridgehead atoms. The lowest BCUT2D eigenvalue weighted by Gasteiger charge is -2.32. The molecule has 0 aromatic heterocycles. The summed E-state index contributed by atoms with van der Waals surface area (Å²) in [4.78, 5) is 100. The second kappa shape index (κ2) is 25.2. The molecule has 0 saturated heterocycles. The highest BCUT2D eigenvalue weighted by Crippen LogP contribution is 2.16. The molecule has 0 spiro atoms. The summed E-state index contributed by atoms with van der Waals surface area (Å²) in [5.74, 6) is -7.71. The maximum atomic E-state index is 13.4. The first-order valence-corrected chi connectivity index (χ1v) is 19.3. The number of rotatable bonds is 26. The number of carbonyl (C=O) groups excluding carboxylic acids is 6. The standard InChI is InChI=1S/C38H68N6O12/c1-18(2)12-24(41-33(21(7)8)36(53)44-37(54)34(22(9)10)43-29(47)14-20(5)6)27(45)16-30(48)39-23(11)35(52)42-25(13-19(3)4)28(46)17-31(49)40-26(38(55)56)15-32(50)51/h18-28,33-34,41,45-46H,12-17H2,1-11H3,(H,39,48)(H,40,49)(H,42,52)(H,43,47)(H,50,51)(H,55,56)(H,44,53,54)/t23?,24?,25?,26?,27?,28?,33-,34-/m0/s1. The second-order valence-corrected chi connectivity index (χ2v) is 16.5. The molecule has 0 radical (unpaired) electrons. The number of carboxylic acids is 2. The van der Waals surface area contributed by atoms with Crippen molar-refractivity contribution in [3.63, 3.8) is 0 Å². The highest BCUT2D eigenvalue weighted by atomic mass is 16.4. The largest absolute Gasteiger partial charge is 0.481 e. The number of hydrogen-bond acceptors (Lipinski definition) is 11. The molecule has 322 valence electrons. The van der Waals surface area contributed by atoms with Gasteiger partial charge in [0.25, 0.3) is 0 Å². The van der Waals surface area contributed by atoms with Crippen LogP contribution in [-0.2, 0) is 38.4 Å². The smallest absolute Gasteiger partial charge is 0.326 e. The number of aliphatic hydroxyl groups is 2. The first kappa shape index (κ1) is 51.8. The van der Waals surface area contributed by atoms with Gasteiger partial charge in [0, 0.05) is 12.5 Å². The first-order valence-electron chi connectivity index (χ1n) is 19.3. The van der Waals surface area contributed by atoms with Crippen molar-refractivity contribution in [2.45, 2.75) is 163 Å². The Bertz CT molecular complexity index is 1340. The van der Waals surface area contributed by atoms with E-state index in [0.29, 0.717) is 6.42 Å². The summed E-state index contributed by atoms with van der Waals surface area (Å²) in [6.07, 6.45) is -4.07. The molecule has 18 heteroatoms. The third kappa shape index (κ3) is 20.7. The van der Waals surface area contributed by atoms with Crippen LogP contribution in [0.5, 0.6) is 0 Å². The zero-order valence-electron chi connectivity index (χ0n) is 34.8. The van der Waals surface area contributed by atoms with Gasteiger partial charge >= 0.3 is 11.9 Å². The maximum Gasteiger partial charge on any atom is 0.326 e. The fraction of sp³-hybridized carbons (Fsp3) is 0.789. The van der Waals surface area contributed by atoms with Gasteiger partial charge in [0.15, 0.2) is 0 Å². The predicted octanol–water partition coefficient (Wildman–Crippen LogP) is 0.427. The van der Waals surface area contributed by atoms with Crippen molar-refractivity contribution in [1.29, 1.82) is 0 Å². The fourth-order valence-electron chi connectivity index (χ4n) is 5.85. The van der Waals surface area contributed by atoms with Crippen LogP contribution >= 0.6 is 0 Å². The molecule has 0 rings (SSSR count). The van der Waals surface area contributed by atoms with Gasteiger partial charge in [-0.3, -0.25) is 38.9 Å². The van der Waals surface area contributed by atoms with Crippen LogP contribution in [0.2, 0.25) is 0 Å². The summed E-state index contributed by atoms with van der Waals surface area (Å²) in [5, 5.41) is 55.5. The van der Waals surface area contributed by atoms with Crippen molar-refractivity contribution in [1.82, 2.24) is 31.9 Å². The molecule has 56 heavy (non-hydrogen) atoms. The molecule has 0 saturated carbocycles. The Hall–Kier alpha value is -4.16. The number of aliphatic hydroxyl groups excluding tert-OH is 2. The van der Waals surface area contributed by atoms with Crippen molar-refractivity contribution in [3.8, 4) is 0 Å². The summed E-state index contributed by atoms with van der Waals surface area (Å²) < 4.78 is 0. The molecule has 0 aromatic carbocycles. The van der Waals surface area contributed by atoms with Gasteiger partial charge in [-0.05, 0) is 49.4 Å². The monoisotopic (exact) mass is 800 g/mol. The van der Waals surface area contributed by atoms with Crippen molar-refractivity contribution in [2.24, 2.45) is 29.6 Å². The minimum atomic E-state index is -1.72. The van der Waals surface area contributed by atoms with Crippen LogP contribution in [0.15, 0.2) is 0 Å². The summed E-state index contributed by atoms with van der Waals surface area (Å²) in [6, 6.07) is -6.60. The quantitative estimate of drug-likeness (QED) is 0.0569. The van der Waals surface area contributed by atoms with Crippen LogP contribution in [0.4, 0.5) is 0 Å². The third-order valence-corrected chi connectivity index (χ3v) is 8.73. The summed E-state index contributed by atoms with van der Waals surface area (Å²) in [7, 11) is 0. The average molecular weight is 801 g/mol. The molecule has 6 unspecified atom stereocenters. The number of imide groups is 1. The van der Waals surface area contributed by atoms with E-state index in [2.05, 4.69) is 31.9 Å². The second-order valence-electron chi connectivity index (χ2n) is 16.5. The third-order valence-electron chi connectivity index (χ3n) is 8.73. The van der Waals surface area contributed by atoms with E-state index in [-0.39, 0.29) is 48.3 Å². The number of aliphatic carboxylic acids is 2. The van der Waals surface area contributed by atoms with Gasteiger partial charge in [-0.1, -0.05) is 69.2 Å². The lowest BCUT2D eigenvalue weighted by Crippen LogP contribution is -2.59. The minimum Gasteiger partial charge on any atom is -0.481 e. The van der Waals surface area contributed by atoms with Gasteiger partial charge in [0.05, 0.1) is 43.6 Å². The zero-order valence-corrected chi connectivity index (χ0v) is 34.8. The van der Waals surface area contributed by atoms with E-state index >= 15 is 0 Å². The van der Waals surface area contributed by atoms with Crippen LogP contribution in [0.25, 0.3) is 0 Å². The fourth-order valence-corrected chi connectivity index (χ4v) is 5.85. The minimum absolute atomic E-state index is 0.00694. The molecular weight excluding hydrogens is 732 g/mol. The van der Waals surface area contributed by atoms with Gasteiger partial charge in [-0.25, -0.2) is 4.79 Å². The Kier molecular flexibility index (Phi) is 23.3. The molecule has 0 fully saturated rings. The molecule has 10 N–H and O–H groups in total. The number of carboxylic acid groups (broad SMARTS) is 2. The highest BCUT2D eigenvalue weighted by molar-refractivity contribution is 6.01. The number of amides is 6. The molecule has 6 amide bonds. The lowest BCUT2D eigenvalue weighted by molar-refractivity contribution is -0.147. The van der Waals surface area contributed by atoms with E-state index in [1.54, 1.807) is 41.5 Å². The van der Waals surface area contributed by atoms with E-state index in [9.17, 15) is 53.7 Å². The Balaban J connectivity index is 5.71. The Morgan fingerprint density at radius 3 is 1.38 bits per heavy atom. The molecule has 0 aliphatic heterocycles. The average Bonchev–Trinajstić information content (AvgIpc) is 3.02. The van der Waals surface area contributed by atoms with Crippen LogP contribution in [-0.4, -0.2) is 116 Å². The van der Waals surface area contributed by atoms with Crippen molar-refractivity contribution in [3.05, 3.63) is 0 Å². The summed E-state index contributed by atoms with van der Waals surface area (Å²) in [6.45, 7) is 19.5. The molecule has 0 aromatic rings. The van der Waals surface area contributed by atoms with Gasteiger partial charge in [-0.2, -0.15) is 0 Å². The summed E-state index contributed by atoms with van der Waals surface area (Å²) >= 11 is 0. The first-order chi connectivity index (χ1) is 25.7. The van der Waals surface area contributed by atoms with Gasteiger partial charge in [-0.15, -0.1) is 0 Å². The zero-order chi connectivity index (χ0) is 43.6. The topological polar surface area (TPSA) is 290 Å². The van der Waals surface area contributed by atoms with E-state index in [1.165, 1.54) is 6.92 Å². The van der Waals surface area contributed by atoms with Crippen molar-refractivity contribution >= 4 is 47.4 Å². The highest BCUT2D eigenvalue weighted by Gasteiger charge is 2.34. The maximum absolute atomic E-state index is 13.4. The molecule has 0 aliphatic rings. The van der Waals surface area contributed by atoms with E-state index < -0.39 is 109 Å². The van der Waals surface area contributed by atoms with Crippen molar-refractivity contribution < 1.29 is 58.8 Å². The molecule has 0 aliphatic carbocycles. The van der Waals surface area contributed by atoms with E-state index in [0.717, 1.165) is 0 Å². The molecule has 0 heterocycles. The molecule has 8 atom stereocenters. The van der Waals surface area contributed by atoms with Crippen LogP contribution in [0.1, 0.15) is 115 Å². The molecule has 18 nitrogen and oxygen atoms in total. The Labute approximate surface area is 330 Å². The normalized spacial score (nSPS) is 16.0. The SMILES string of the molecule is CC(C)CC(=O)N[C@H](C(=O)NC(=O)[C@@H](NC(CC(C)C)C(O)CC(=O)NC(C)C(=O)NC(CC(C)C)C(O)CC(=O)NC(CC(=O)O)C(=O)O)C(C)C)C(C)C. The van der Waals surface area contributed by atoms with E-state index in [4.69, 9.17) is 5.11 Å². The number of hydrogen-bond donors (Lipinski definition) is 10. The van der Waals surface area contributed by atoms with Crippen LogP contribution in [0.3, 0.4) is 0 Å².